The number of likely N-dealkylation sites (tertiary alicyclic amines) is 1. The molecular formula is C21H19FN4O2. The van der Waals surface area contributed by atoms with E-state index in [9.17, 15) is 14.0 Å². The van der Waals surface area contributed by atoms with E-state index in [1.165, 1.54) is 10.7 Å². The van der Waals surface area contributed by atoms with E-state index in [0.717, 1.165) is 18.5 Å². The minimum atomic E-state index is -0.484. The highest BCUT2D eigenvalue weighted by molar-refractivity contribution is 6.04. The number of benzene rings is 2. The lowest BCUT2D eigenvalue weighted by atomic mass is 10.1. The van der Waals surface area contributed by atoms with Gasteiger partial charge in [-0.05, 0) is 48.4 Å². The van der Waals surface area contributed by atoms with Crippen LogP contribution in [0.3, 0.4) is 0 Å². The molecule has 0 radical (unpaired) electrons. The first kappa shape index (κ1) is 17.9. The summed E-state index contributed by atoms with van der Waals surface area (Å²) in [4.78, 5) is 26.1. The van der Waals surface area contributed by atoms with Crippen molar-refractivity contribution < 1.29 is 14.0 Å². The third kappa shape index (κ3) is 3.78. The van der Waals surface area contributed by atoms with Crippen molar-refractivity contribution in [3.63, 3.8) is 0 Å². The van der Waals surface area contributed by atoms with E-state index >= 15 is 0 Å². The van der Waals surface area contributed by atoms with Gasteiger partial charge in [-0.15, -0.1) is 0 Å². The highest BCUT2D eigenvalue weighted by Gasteiger charge is 2.20. The van der Waals surface area contributed by atoms with Crippen LogP contribution >= 0.6 is 0 Å². The number of hydrogen-bond donors (Lipinski definition) is 1. The molecule has 1 aromatic heterocycles. The Labute approximate surface area is 161 Å². The van der Waals surface area contributed by atoms with E-state index in [0.29, 0.717) is 29.9 Å². The van der Waals surface area contributed by atoms with E-state index in [1.807, 2.05) is 6.07 Å². The van der Waals surface area contributed by atoms with Crippen molar-refractivity contribution >= 4 is 17.5 Å². The Bertz CT molecular complexity index is 1020. The molecule has 0 bridgehead atoms. The molecule has 2 aromatic carbocycles. The van der Waals surface area contributed by atoms with Crippen LogP contribution in [0.15, 0.2) is 60.9 Å². The van der Waals surface area contributed by atoms with Gasteiger partial charge < -0.3 is 10.2 Å². The van der Waals surface area contributed by atoms with Crippen molar-refractivity contribution in [1.29, 1.82) is 0 Å². The number of anilines is 1. The van der Waals surface area contributed by atoms with Gasteiger partial charge in [0.05, 0.1) is 0 Å². The molecular weight excluding hydrogens is 359 g/mol. The summed E-state index contributed by atoms with van der Waals surface area (Å²) in [5.41, 5.74) is 2.02. The molecule has 3 aromatic rings. The minimum absolute atomic E-state index is 0.141. The lowest BCUT2D eigenvalue weighted by Gasteiger charge is -2.16. The van der Waals surface area contributed by atoms with Gasteiger partial charge in [-0.2, -0.15) is 5.10 Å². The maximum Gasteiger partial charge on any atom is 0.255 e. The van der Waals surface area contributed by atoms with Crippen LogP contribution in [0, 0.1) is 5.82 Å². The molecule has 1 N–H and O–H groups in total. The number of rotatable bonds is 5. The number of carbonyl (C=O) groups excluding carboxylic acids is 2. The summed E-state index contributed by atoms with van der Waals surface area (Å²) in [5, 5.41) is 6.72. The maximum absolute atomic E-state index is 14.3. The SMILES string of the molecule is O=C(Nc1ccc(-n2cccn2)c(F)c1)c1cccc(CN2CCCC2=O)c1. The molecule has 0 spiro atoms. The van der Waals surface area contributed by atoms with Crippen LogP contribution in [-0.4, -0.2) is 33.0 Å². The molecule has 1 fully saturated rings. The monoisotopic (exact) mass is 378 g/mol. The summed E-state index contributed by atoms with van der Waals surface area (Å²) < 4.78 is 15.8. The largest absolute Gasteiger partial charge is 0.338 e. The van der Waals surface area contributed by atoms with Crippen molar-refractivity contribution in [3.8, 4) is 5.69 Å². The van der Waals surface area contributed by atoms with Gasteiger partial charge in [0.25, 0.3) is 5.91 Å². The Kier molecular flexibility index (Phi) is 4.89. The van der Waals surface area contributed by atoms with Gasteiger partial charge in [0, 0.05) is 43.2 Å². The summed E-state index contributed by atoms with van der Waals surface area (Å²) in [6, 6.07) is 13.3. The molecule has 2 amide bonds. The topological polar surface area (TPSA) is 67.2 Å². The molecule has 0 atom stereocenters. The van der Waals surface area contributed by atoms with Crippen LogP contribution in [0.5, 0.6) is 0 Å². The third-order valence-electron chi connectivity index (χ3n) is 4.69. The molecule has 1 aliphatic rings. The fourth-order valence-corrected chi connectivity index (χ4v) is 3.29. The first-order valence-corrected chi connectivity index (χ1v) is 9.08. The van der Waals surface area contributed by atoms with Crippen LogP contribution in [0.4, 0.5) is 10.1 Å². The summed E-state index contributed by atoms with van der Waals surface area (Å²) in [6.45, 7) is 1.24. The molecule has 7 heteroatoms. The number of carbonyl (C=O) groups is 2. The molecule has 0 aliphatic carbocycles. The van der Waals surface area contributed by atoms with Crippen LogP contribution in [0.2, 0.25) is 0 Å². The highest BCUT2D eigenvalue weighted by atomic mass is 19.1. The van der Waals surface area contributed by atoms with Gasteiger partial charge in [0.2, 0.25) is 5.91 Å². The van der Waals surface area contributed by atoms with E-state index in [-0.39, 0.29) is 11.8 Å². The lowest BCUT2D eigenvalue weighted by Crippen LogP contribution is -2.24. The quantitative estimate of drug-likeness (QED) is 0.740. The Morgan fingerprint density at radius 2 is 2.07 bits per heavy atom. The zero-order valence-electron chi connectivity index (χ0n) is 15.1. The number of halogens is 1. The van der Waals surface area contributed by atoms with Crippen molar-refractivity contribution in [2.45, 2.75) is 19.4 Å². The Hall–Kier alpha value is -3.48. The fourth-order valence-electron chi connectivity index (χ4n) is 3.29. The minimum Gasteiger partial charge on any atom is -0.338 e. The van der Waals surface area contributed by atoms with Crippen molar-refractivity contribution in [2.24, 2.45) is 0 Å². The standard InChI is InChI=1S/C21H19FN4O2/c22-18-13-17(7-8-19(18)26-11-3-9-23-26)24-21(28)16-5-1-4-15(12-16)14-25-10-2-6-20(25)27/h1,3-5,7-9,11-13H,2,6,10,14H2,(H,24,28). The molecule has 28 heavy (non-hydrogen) atoms. The number of hydrogen-bond acceptors (Lipinski definition) is 3. The Morgan fingerprint density at radius 1 is 1.18 bits per heavy atom. The summed E-state index contributed by atoms with van der Waals surface area (Å²) in [6.07, 6.45) is 4.67. The molecule has 142 valence electrons. The van der Waals surface area contributed by atoms with Crippen LogP contribution in [0.1, 0.15) is 28.8 Å². The molecule has 1 saturated heterocycles. The fraction of sp³-hybridized carbons (Fsp3) is 0.190. The second-order valence-corrected chi connectivity index (χ2v) is 6.69. The van der Waals surface area contributed by atoms with Gasteiger partial charge in [-0.3, -0.25) is 9.59 Å². The van der Waals surface area contributed by atoms with Crippen molar-refractivity contribution in [2.75, 3.05) is 11.9 Å². The number of nitrogens with one attached hydrogen (secondary N) is 1. The van der Waals surface area contributed by atoms with Crippen LogP contribution < -0.4 is 5.32 Å². The molecule has 4 rings (SSSR count). The van der Waals surface area contributed by atoms with E-state index in [1.54, 1.807) is 53.7 Å². The normalized spacial score (nSPS) is 13.8. The number of amides is 2. The van der Waals surface area contributed by atoms with Crippen molar-refractivity contribution in [1.82, 2.24) is 14.7 Å². The maximum atomic E-state index is 14.3. The first-order valence-electron chi connectivity index (χ1n) is 9.08. The number of nitrogens with zero attached hydrogens (tertiary/aromatic N) is 3. The van der Waals surface area contributed by atoms with E-state index in [4.69, 9.17) is 0 Å². The van der Waals surface area contributed by atoms with E-state index < -0.39 is 5.82 Å². The van der Waals surface area contributed by atoms with E-state index in [2.05, 4.69) is 10.4 Å². The average molecular weight is 378 g/mol. The second-order valence-electron chi connectivity index (χ2n) is 6.69. The molecule has 2 heterocycles. The van der Waals surface area contributed by atoms with Gasteiger partial charge in [-0.25, -0.2) is 9.07 Å². The first-order chi connectivity index (χ1) is 13.6. The average Bonchev–Trinajstić information content (AvgIpc) is 3.35. The van der Waals surface area contributed by atoms with Gasteiger partial charge in [-0.1, -0.05) is 12.1 Å². The van der Waals surface area contributed by atoms with Gasteiger partial charge in [0.1, 0.15) is 5.69 Å². The summed E-state index contributed by atoms with van der Waals surface area (Å²) >= 11 is 0. The second kappa shape index (κ2) is 7.64. The van der Waals surface area contributed by atoms with Crippen molar-refractivity contribution in [3.05, 3.63) is 77.9 Å². The van der Waals surface area contributed by atoms with Crippen LogP contribution in [0.25, 0.3) is 5.69 Å². The smallest absolute Gasteiger partial charge is 0.255 e. The highest BCUT2D eigenvalue weighted by Crippen LogP contribution is 2.19. The molecule has 0 saturated carbocycles. The zero-order chi connectivity index (χ0) is 19.5. The predicted octanol–water partition coefficient (Wildman–Crippen LogP) is 3.39. The third-order valence-corrected chi connectivity index (χ3v) is 4.69. The lowest BCUT2D eigenvalue weighted by molar-refractivity contribution is -0.128. The Balaban J connectivity index is 1.47. The Morgan fingerprint density at radius 3 is 2.79 bits per heavy atom. The summed E-state index contributed by atoms with van der Waals surface area (Å²) in [5.74, 6) is -0.675. The molecule has 1 aliphatic heterocycles. The zero-order valence-corrected chi connectivity index (χ0v) is 15.1. The van der Waals surface area contributed by atoms with Gasteiger partial charge in [0.15, 0.2) is 5.82 Å². The van der Waals surface area contributed by atoms with Crippen LogP contribution in [-0.2, 0) is 11.3 Å². The van der Waals surface area contributed by atoms with Gasteiger partial charge >= 0.3 is 0 Å². The summed E-state index contributed by atoms with van der Waals surface area (Å²) in [7, 11) is 0. The molecule has 6 nitrogen and oxygen atoms in total. The predicted molar refractivity (Wildman–Crippen MR) is 103 cm³/mol. The molecule has 0 unspecified atom stereocenters. The number of aromatic nitrogens is 2.